The number of phenols is 1. The fourth-order valence-electron chi connectivity index (χ4n) is 3.93. The number of carbonyl (C=O) groups excluding carboxylic acids is 1. The third-order valence-corrected chi connectivity index (χ3v) is 5.72. The molecule has 0 aromatic heterocycles. The number of benzene rings is 1. The Morgan fingerprint density at radius 2 is 2.00 bits per heavy atom. The van der Waals surface area contributed by atoms with Crippen molar-refractivity contribution in [3.63, 3.8) is 0 Å². The van der Waals surface area contributed by atoms with E-state index in [0.717, 1.165) is 53.8 Å². The Labute approximate surface area is 143 Å². The van der Waals surface area contributed by atoms with E-state index in [-0.39, 0.29) is 11.9 Å². The number of aromatic hydroxyl groups is 1. The number of likely N-dealkylation sites (tertiary alicyclic amines) is 1. The molecule has 0 spiro atoms. The number of hydrogen-bond acceptors (Lipinski definition) is 4. The number of ether oxygens (including phenoxy) is 1. The molecule has 2 aliphatic heterocycles. The topological polar surface area (TPSA) is 75.8 Å². The summed E-state index contributed by atoms with van der Waals surface area (Å²) >= 11 is 0. The van der Waals surface area contributed by atoms with E-state index < -0.39 is 5.60 Å². The fourth-order valence-corrected chi connectivity index (χ4v) is 3.93. The number of hydrogen-bond donors (Lipinski definition) is 2. The maximum absolute atomic E-state index is 13.1. The van der Waals surface area contributed by atoms with Crippen molar-refractivity contribution in [2.75, 3.05) is 13.1 Å². The average Bonchev–Trinajstić information content (AvgIpc) is 2.57. The van der Waals surface area contributed by atoms with Gasteiger partial charge in [0.25, 0.3) is 5.91 Å². The number of fused-ring (bicyclic) bond motifs is 1. The number of piperidine rings is 1. The van der Waals surface area contributed by atoms with Gasteiger partial charge in [-0.05, 0) is 63.6 Å². The van der Waals surface area contributed by atoms with Crippen molar-refractivity contribution in [2.24, 2.45) is 5.73 Å². The highest BCUT2D eigenvalue weighted by Gasteiger charge is 2.43. The van der Waals surface area contributed by atoms with Crippen molar-refractivity contribution in [3.05, 3.63) is 22.3 Å². The minimum absolute atomic E-state index is 0.0334. The van der Waals surface area contributed by atoms with Crippen LogP contribution in [0.1, 0.15) is 48.4 Å². The van der Waals surface area contributed by atoms with Gasteiger partial charge in [0.1, 0.15) is 11.5 Å². The highest BCUT2D eigenvalue weighted by Crippen LogP contribution is 2.43. The third kappa shape index (κ3) is 2.65. The van der Waals surface area contributed by atoms with E-state index in [4.69, 9.17) is 10.5 Å². The van der Waals surface area contributed by atoms with Gasteiger partial charge in [-0.3, -0.25) is 4.79 Å². The third-order valence-electron chi connectivity index (χ3n) is 5.72. The minimum Gasteiger partial charge on any atom is -0.507 e. The minimum atomic E-state index is -0.856. The van der Waals surface area contributed by atoms with Gasteiger partial charge in [0.05, 0.1) is 0 Å². The van der Waals surface area contributed by atoms with Crippen LogP contribution in [0, 0.1) is 20.8 Å². The Morgan fingerprint density at radius 1 is 1.29 bits per heavy atom. The highest BCUT2D eigenvalue weighted by atomic mass is 16.5. The molecule has 2 unspecified atom stereocenters. The van der Waals surface area contributed by atoms with Gasteiger partial charge in [-0.2, -0.15) is 0 Å². The molecule has 2 heterocycles. The number of nitrogens with zero attached hydrogens (tertiary/aromatic N) is 1. The molecule has 1 aromatic carbocycles. The van der Waals surface area contributed by atoms with E-state index in [1.165, 1.54) is 0 Å². The van der Waals surface area contributed by atoms with Crippen molar-refractivity contribution in [2.45, 2.75) is 65.0 Å². The Hall–Kier alpha value is -1.75. The van der Waals surface area contributed by atoms with E-state index in [0.29, 0.717) is 18.7 Å². The Kier molecular flexibility index (Phi) is 4.24. The van der Waals surface area contributed by atoms with Crippen molar-refractivity contribution in [1.29, 1.82) is 0 Å². The standard InChI is InChI=1S/C19H28N2O3/c1-11-12(2)17-15(13(3)16(11)22)7-8-19(4,24-17)18(23)21-9-5-6-14(20)10-21/h14,22H,5-10,20H2,1-4H3. The summed E-state index contributed by atoms with van der Waals surface area (Å²) in [5, 5.41) is 10.3. The van der Waals surface area contributed by atoms with Crippen LogP contribution in [-0.2, 0) is 11.2 Å². The zero-order valence-corrected chi connectivity index (χ0v) is 15.1. The van der Waals surface area contributed by atoms with Crippen molar-refractivity contribution >= 4 is 5.91 Å². The molecule has 0 saturated carbocycles. The molecule has 1 amide bonds. The van der Waals surface area contributed by atoms with Gasteiger partial charge < -0.3 is 20.5 Å². The SMILES string of the molecule is Cc1c(C)c2c(c(C)c1O)CCC(C)(C(=O)N1CCCC(N)C1)O2. The second-order valence-corrected chi connectivity index (χ2v) is 7.52. The molecule has 1 saturated heterocycles. The number of phenolic OH excluding ortho intramolecular Hbond substituents is 1. The van der Waals surface area contributed by atoms with Gasteiger partial charge >= 0.3 is 0 Å². The molecule has 24 heavy (non-hydrogen) atoms. The van der Waals surface area contributed by atoms with E-state index in [1.807, 2.05) is 32.6 Å². The molecule has 1 aromatic rings. The van der Waals surface area contributed by atoms with E-state index >= 15 is 0 Å². The fraction of sp³-hybridized carbons (Fsp3) is 0.632. The Morgan fingerprint density at radius 3 is 2.67 bits per heavy atom. The summed E-state index contributed by atoms with van der Waals surface area (Å²) in [5.74, 6) is 1.14. The first kappa shape index (κ1) is 17.1. The zero-order chi connectivity index (χ0) is 17.6. The highest BCUT2D eigenvalue weighted by molar-refractivity contribution is 5.86. The van der Waals surface area contributed by atoms with Gasteiger partial charge in [-0.1, -0.05) is 0 Å². The van der Waals surface area contributed by atoms with Gasteiger partial charge in [0.15, 0.2) is 5.60 Å². The summed E-state index contributed by atoms with van der Waals surface area (Å²) in [6.45, 7) is 8.99. The normalized spacial score (nSPS) is 26.7. The van der Waals surface area contributed by atoms with E-state index in [1.54, 1.807) is 0 Å². The maximum Gasteiger partial charge on any atom is 0.266 e. The van der Waals surface area contributed by atoms with Crippen LogP contribution in [-0.4, -0.2) is 40.6 Å². The van der Waals surface area contributed by atoms with Crippen LogP contribution in [0.4, 0.5) is 0 Å². The molecular weight excluding hydrogens is 304 g/mol. The molecule has 0 radical (unpaired) electrons. The smallest absolute Gasteiger partial charge is 0.266 e. The molecule has 0 aliphatic carbocycles. The van der Waals surface area contributed by atoms with Gasteiger partial charge in [-0.25, -0.2) is 0 Å². The van der Waals surface area contributed by atoms with Crippen LogP contribution in [0.3, 0.4) is 0 Å². The van der Waals surface area contributed by atoms with E-state index in [2.05, 4.69) is 0 Å². The first-order chi connectivity index (χ1) is 11.2. The molecule has 1 fully saturated rings. The molecule has 3 N–H and O–H groups in total. The monoisotopic (exact) mass is 332 g/mol. The van der Waals surface area contributed by atoms with Gasteiger partial charge in [-0.15, -0.1) is 0 Å². The van der Waals surface area contributed by atoms with Crippen molar-refractivity contribution in [1.82, 2.24) is 4.90 Å². The first-order valence-corrected chi connectivity index (χ1v) is 8.80. The molecule has 2 aliphatic rings. The molecule has 3 rings (SSSR count). The van der Waals surface area contributed by atoms with E-state index in [9.17, 15) is 9.90 Å². The number of nitrogens with two attached hydrogens (primary N) is 1. The second kappa shape index (κ2) is 5.96. The molecule has 5 nitrogen and oxygen atoms in total. The quantitative estimate of drug-likeness (QED) is 0.828. The van der Waals surface area contributed by atoms with Crippen molar-refractivity contribution in [3.8, 4) is 11.5 Å². The largest absolute Gasteiger partial charge is 0.507 e. The predicted molar refractivity (Wildman–Crippen MR) is 93.5 cm³/mol. The summed E-state index contributed by atoms with van der Waals surface area (Å²) in [7, 11) is 0. The molecule has 5 heteroatoms. The van der Waals surface area contributed by atoms with Crippen LogP contribution in [0.15, 0.2) is 0 Å². The van der Waals surface area contributed by atoms with Gasteiger partial charge in [0, 0.05) is 31.1 Å². The van der Waals surface area contributed by atoms with Gasteiger partial charge in [0.2, 0.25) is 0 Å². The van der Waals surface area contributed by atoms with Crippen LogP contribution >= 0.6 is 0 Å². The maximum atomic E-state index is 13.1. The summed E-state index contributed by atoms with van der Waals surface area (Å²) in [5.41, 5.74) is 8.80. The summed E-state index contributed by atoms with van der Waals surface area (Å²) in [6, 6.07) is 0.0605. The second-order valence-electron chi connectivity index (χ2n) is 7.52. The molecular formula is C19H28N2O3. The first-order valence-electron chi connectivity index (χ1n) is 8.80. The lowest BCUT2D eigenvalue weighted by Crippen LogP contribution is -2.56. The van der Waals surface area contributed by atoms with Crippen molar-refractivity contribution < 1.29 is 14.6 Å². The van der Waals surface area contributed by atoms with Crippen LogP contribution in [0.25, 0.3) is 0 Å². The molecule has 132 valence electrons. The summed E-state index contributed by atoms with van der Waals surface area (Å²) in [6.07, 6.45) is 3.27. The lowest BCUT2D eigenvalue weighted by molar-refractivity contribution is -0.149. The molecule has 0 bridgehead atoms. The number of carbonyl (C=O) groups is 1. The lowest BCUT2D eigenvalue weighted by Gasteiger charge is -2.41. The predicted octanol–water partition coefficient (Wildman–Crippen LogP) is 2.35. The van der Waals surface area contributed by atoms with Crippen LogP contribution < -0.4 is 10.5 Å². The lowest BCUT2D eigenvalue weighted by atomic mass is 9.86. The Balaban J connectivity index is 1.92. The van der Waals surface area contributed by atoms with Crippen LogP contribution in [0.2, 0.25) is 0 Å². The van der Waals surface area contributed by atoms with Crippen LogP contribution in [0.5, 0.6) is 11.5 Å². The summed E-state index contributed by atoms with van der Waals surface area (Å²) < 4.78 is 6.27. The number of rotatable bonds is 1. The number of amides is 1. The molecule has 2 atom stereocenters. The summed E-state index contributed by atoms with van der Waals surface area (Å²) in [4.78, 5) is 14.9. The Bertz CT molecular complexity index is 686. The zero-order valence-electron chi connectivity index (χ0n) is 15.1. The average molecular weight is 332 g/mol.